The average Bonchev–Trinajstić information content (AvgIpc) is 2.55. The van der Waals surface area contributed by atoms with Gasteiger partial charge in [-0.05, 0) is 44.9 Å². The number of carbonyl (C=O) groups is 2. The number of benzene rings is 1. The lowest BCUT2D eigenvalue weighted by Gasteiger charge is -2.36. The van der Waals surface area contributed by atoms with Gasteiger partial charge in [-0.1, -0.05) is 6.07 Å². The molecule has 0 bridgehead atoms. The fourth-order valence-corrected chi connectivity index (χ4v) is 4.67. The SMILES string of the molecule is CCOC(=O)c1cccc(S(=O)(=O)N2CCC[C@H](C(=O)O)[C@@H]2C)c1. The first-order valence-electron chi connectivity index (χ1n) is 7.81. The van der Waals surface area contributed by atoms with Crippen LogP contribution in [0.5, 0.6) is 0 Å². The van der Waals surface area contributed by atoms with Gasteiger partial charge in [-0.25, -0.2) is 13.2 Å². The van der Waals surface area contributed by atoms with Crippen molar-refractivity contribution in [3.8, 4) is 0 Å². The molecule has 1 aromatic rings. The summed E-state index contributed by atoms with van der Waals surface area (Å²) in [7, 11) is -3.89. The number of esters is 1. The van der Waals surface area contributed by atoms with Gasteiger partial charge in [-0.3, -0.25) is 4.79 Å². The van der Waals surface area contributed by atoms with E-state index in [0.717, 1.165) is 0 Å². The molecule has 1 heterocycles. The molecular weight excluding hydrogens is 334 g/mol. The highest BCUT2D eigenvalue weighted by atomic mass is 32.2. The molecule has 0 amide bonds. The van der Waals surface area contributed by atoms with Gasteiger partial charge in [0.2, 0.25) is 10.0 Å². The molecular formula is C16H21NO6S. The molecule has 0 aromatic heterocycles. The van der Waals surface area contributed by atoms with Crippen LogP contribution in [0.3, 0.4) is 0 Å². The van der Waals surface area contributed by atoms with Crippen molar-refractivity contribution in [1.29, 1.82) is 0 Å². The van der Waals surface area contributed by atoms with E-state index < -0.39 is 33.9 Å². The van der Waals surface area contributed by atoms with E-state index in [4.69, 9.17) is 4.74 Å². The van der Waals surface area contributed by atoms with Crippen LogP contribution < -0.4 is 0 Å². The largest absolute Gasteiger partial charge is 0.481 e. The molecule has 2 atom stereocenters. The molecule has 1 aliphatic heterocycles. The summed E-state index contributed by atoms with van der Waals surface area (Å²) in [4.78, 5) is 23.1. The van der Waals surface area contributed by atoms with E-state index in [9.17, 15) is 23.1 Å². The van der Waals surface area contributed by atoms with E-state index in [0.29, 0.717) is 12.8 Å². The number of rotatable bonds is 5. The first kappa shape index (κ1) is 18.4. The fraction of sp³-hybridized carbons (Fsp3) is 0.500. The van der Waals surface area contributed by atoms with Crippen LogP contribution >= 0.6 is 0 Å². The lowest BCUT2D eigenvalue weighted by atomic mass is 9.92. The molecule has 0 aliphatic carbocycles. The van der Waals surface area contributed by atoms with Gasteiger partial charge >= 0.3 is 11.9 Å². The number of ether oxygens (including phenoxy) is 1. The van der Waals surface area contributed by atoms with Crippen molar-refractivity contribution in [2.45, 2.75) is 37.6 Å². The smallest absolute Gasteiger partial charge is 0.338 e. The first-order valence-corrected chi connectivity index (χ1v) is 9.25. The van der Waals surface area contributed by atoms with Gasteiger partial charge in [0.1, 0.15) is 0 Å². The van der Waals surface area contributed by atoms with Crippen LogP contribution in [0.2, 0.25) is 0 Å². The second kappa shape index (κ2) is 7.31. The monoisotopic (exact) mass is 355 g/mol. The van der Waals surface area contributed by atoms with E-state index in [1.807, 2.05) is 0 Å². The number of aliphatic carboxylic acids is 1. The summed E-state index contributed by atoms with van der Waals surface area (Å²) in [6, 6.07) is 4.98. The third-order valence-electron chi connectivity index (χ3n) is 4.20. The molecule has 1 fully saturated rings. The van der Waals surface area contributed by atoms with E-state index >= 15 is 0 Å². The minimum Gasteiger partial charge on any atom is -0.481 e. The minimum absolute atomic E-state index is 0.0362. The standard InChI is InChI=1S/C16H21NO6S/c1-3-23-16(20)12-6-4-7-13(10-12)24(21,22)17-9-5-8-14(11(17)2)15(18)19/h4,6-7,10-11,14H,3,5,8-9H2,1-2H3,(H,18,19)/t11-,14-/m0/s1. The number of carbonyl (C=O) groups excluding carboxylic acids is 1. The Morgan fingerprint density at radius 2 is 2.08 bits per heavy atom. The maximum absolute atomic E-state index is 12.9. The Balaban J connectivity index is 2.34. The summed E-state index contributed by atoms with van der Waals surface area (Å²) in [5, 5.41) is 9.26. The van der Waals surface area contributed by atoms with Crippen molar-refractivity contribution >= 4 is 22.0 Å². The minimum atomic E-state index is -3.89. The maximum Gasteiger partial charge on any atom is 0.338 e. The topological polar surface area (TPSA) is 101 Å². The van der Waals surface area contributed by atoms with Gasteiger partial charge in [0.05, 0.1) is 23.0 Å². The molecule has 1 aromatic carbocycles. The summed E-state index contributed by atoms with van der Waals surface area (Å²) in [6.07, 6.45) is 0.934. The fourth-order valence-electron chi connectivity index (χ4n) is 2.91. The Morgan fingerprint density at radius 1 is 1.38 bits per heavy atom. The Labute approximate surface area is 141 Å². The zero-order chi connectivity index (χ0) is 17.9. The highest BCUT2D eigenvalue weighted by Crippen LogP contribution is 2.29. The number of hydrogen-bond donors (Lipinski definition) is 1. The summed E-state index contributed by atoms with van der Waals surface area (Å²) in [5.74, 6) is -2.32. The summed E-state index contributed by atoms with van der Waals surface area (Å²) in [6.45, 7) is 3.72. The molecule has 0 saturated carbocycles. The number of hydrogen-bond acceptors (Lipinski definition) is 5. The number of sulfonamides is 1. The number of piperidine rings is 1. The lowest BCUT2D eigenvalue weighted by molar-refractivity contribution is -0.144. The summed E-state index contributed by atoms with van der Waals surface area (Å²) in [5.41, 5.74) is 0.150. The molecule has 0 radical (unpaired) electrons. The van der Waals surface area contributed by atoms with Crippen LogP contribution in [0.4, 0.5) is 0 Å². The van der Waals surface area contributed by atoms with E-state index in [1.165, 1.54) is 28.6 Å². The van der Waals surface area contributed by atoms with E-state index in [-0.39, 0.29) is 23.6 Å². The Bertz CT molecular complexity index is 730. The van der Waals surface area contributed by atoms with E-state index in [2.05, 4.69) is 0 Å². The number of carboxylic acid groups (broad SMARTS) is 1. The van der Waals surface area contributed by atoms with Crippen molar-refractivity contribution < 1.29 is 27.9 Å². The summed E-state index contributed by atoms with van der Waals surface area (Å²) >= 11 is 0. The van der Waals surface area contributed by atoms with Crippen LogP contribution in [0, 0.1) is 5.92 Å². The van der Waals surface area contributed by atoms with Gasteiger partial charge in [0, 0.05) is 12.6 Å². The summed E-state index contributed by atoms with van der Waals surface area (Å²) < 4.78 is 31.9. The van der Waals surface area contributed by atoms with Crippen molar-refractivity contribution in [3.05, 3.63) is 29.8 Å². The third-order valence-corrected chi connectivity index (χ3v) is 6.18. The molecule has 0 unspecified atom stereocenters. The van der Waals surface area contributed by atoms with Crippen molar-refractivity contribution in [2.24, 2.45) is 5.92 Å². The molecule has 1 N–H and O–H groups in total. The van der Waals surface area contributed by atoms with Gasteiger partial charge in [0.25, 0.3) is 0 Å². The highest BCUT2D eigenvalue weighted by molar-refractivity contribution is 7.89. The maximum atomic E-state index is 12.9. The van der Waals surface area contributed by atoms with Gasteiger partial charge < -0.3 is 9.84 Å². The zero-order valence-corrected chi connectivity index (χ0v) is 14.5. The molecule has 0 spiro atoms. The Kier molecular flexibility index (Phi) is 5.61. The van der Waals surface area contributed by atoms with E-state index in [1.54, 1.807) is 13.8 Å². The Morgan fingerprint density at radius 3 is 2.71 bits per heavy atom. The normalized spacial score (nSPS) is 22.1. The average molecular weight is 355 g/mol. The third kappa shape index (κ3) is 3.59. The lowest BCUT2D eigenvalue weighted by Crippen LogP contribution is -2.49. The number of nitrogens with zero attached hydrogens (tertiary/aromatic N) is 1. The van der Waals surface area contributed by atoms with Crippen molar-refractivity contribution in [2.75, 3.05) is 13.2 Å². The molecule has 7 nitrogen and oxygen atoms in total. The van der Waals surface area contributed by atoms with Gasteiger partial charge in [0.15, 0.2) is 0 Å². The van der Waals surface area contributed by atoms with Crippen molar-refractivity contribution in [1.82, 2.24) is 4.31 Å². The zero-order valence-electron chi connectivity index (χ0n) is 13.6. The molecule has 132 valence electrons. The van der Waals surface area contributed by atoms with Crippen LogP contribution in [0.15, 0.2) is 29.2 Å². The second-order valence-corrected chi connectivity index (χ2v) is 7.58. The Hall–Kier alpha value is -1.93. The van der Waals surface area contributed by atoms with Crippen LogP contribution in [-0.4, -0.2) is 49.0 Å². The molecule has 2 rings (SSSR count). The number of carboxylic acids is 1. The molecule has 1 aliphatic rings. The first-order chi connectivity index (χ1) is 11.3. The van der Waals surface area contributed by atoms with Gasteiger partial charge in [-0.2, -0.15) is 4.31 Å². The predicted octanol–water partition coefficient (Wildman–Crippen LogP) is 1.74. The van der Waals surface area contributed by atoms with Crippen LogP contribution in [-0.2, 0) is 19.6 Å². The quantitative estimate of drug-likeness (QED) is 0.807. The van der Waals surface area contributed by atoms with Crippen LogP contribution in [0.25, 0.3) is 0 Å². The van der Waals surface area contributed by atoms with Crippen molar-refractivity contribution in [3.63, 3.8) is 0 Å². The highest BCUT2D eigenvalue weighted by Gasteiger charge is 2.39. The molecule has 1 saturated heterocycles. The van der Waals surface area contributed by atoms with Crippen LogP contribution in [0.1, 0.15) is 37.0 Å². The van der Waals surface area contributed by atoms with Gasteiger partial charge in [-0.15, -0.1) is 0 Å². The predicted molar refractivity (Wildman–Crippen MR) is 86.1 cm³/mol. The molecule has 24 heavy (non-hydrogen) atoms. The second-order valence-electron chi connectivity index (χ2n) is 5.69. The molecule has 8 heteroatoms.